The molecule has 1 unspecified atom stereocenters. The summed E-state index contributed by atoms with van der Waals surface area (Å²) in [6.45, 7) is 1.98. The molecule has 2 aromatic heterocycles. The first-order chi connectivity index (χ1) is 18.9. The number of aromatic nitrogens is 3. The Balaban J connectivity index is 1.48. The normalized spacial score (nSPS) is 25.0. The lowest BCUT2D eigenvalue weighted by Crippen LogP contribution is -2.62. The first-order valence-electron chi connectivity index (χ1n) is 13.7. The molecule has 0 aliphatic carbocycles. The molecule has 2 atom stereocenters. The van der Waals surface area contributed by atoms with Gasteiger partial charge in [-0.3, -0.25) is 9.59 Å². The lowest BCUT2D eigenvalue weighted by Gasteiger charge is -2.45. The fourth-order valence-corrected chi connectivity index (χ4v) is 7.86. The summed E-state index contributed by atoms with van der Waals surface area (Å²) in [5.41, 5.74) is -0.0124. The van der Waals surface area contributed by atoms with Crippen molar-refractivity contribution >= 4 is 38.6 Å². The Labute approximate surface area is 227 Å². The summed E-state index contributed by atoms with van der Waals surface area (Å²) in [5, 5.41) is 6.97. The zero-order valence-corrected chi connectivity index (χ0v) is 22.5. The average Bonchev–Trinajstić information content (AvgIpc) is 3.45. The molecule has 6 rings (SSSR count). The Hall–Kier alpha value is -3.51. The van der Waals surface area contributed by atoms with Crippen LogP contribution in [-0.2, 0) is 25.2 Å². The molecule has 0 spiro atoms. The van der Waals surface area contributed by atoms with Crippen molar-refractivity contribution in [3.63, 3.8) is 0 Å². The van der Waals surface area contributed by atoms with Gasteiger partial charge in [-0.05, 0) is 56.7 Å². The topological polar surface area (TPSA) is 140 Å². The molecule has 3 aliphatic rings. The number of piperidine rings is 3. The minimum atomic E-state index is -3.80. The van der Waals surface area contributed by atoms with Crippen molar-refractivity contribution in [1.82, 2.24) is 29.5 Å². The molecule has 39 heavy (non-hydrogen) atoms. The summed E-state index contributed by atoms with van der Waals surface area (Å²) >= 11 is 0. The molecule has 3 fully saturated rings. The van der Waals surface area contributed by atoms with E-state index in [1.807, 2.05) is 6.07 Å². The van der Waals surface area contributed by atoms with E-state index in [0.717, 1.165) is 25.7 Å². The van der Waals surface area contributed by atoms with Crippen LogP contribution in [0.5, 0.6) is 0 Å². The van der Waals surface area contributed by atoms with Gasteiger partial charge in [0.1, 0.15) is 22.9 Å². The van der Waals surface area contributed by atoms with Gasteiger partial charge in [0.05, 0.1) is 11.4 Å². The van der Waals surface area contributed by atoms with Crippen molar-refractivity contribution in [2.75, 3.05) is 31.5 Å². The maximum Gasteiger partial charge on any atom is 0.255 e. The van der Waals surface area contributed by atoms with Crippen molar-refractivity contribution in [2.45, 2.75) is 61.4 Å². The highest BCUT2D eigenvalue weighted by Gasteiger charge is 2.51. The molecule has 1 aromatic carbocycles. The smallest absolute Gasteiger partial charge is 0.255 e. The molecule has 3 N–H and O–H groups in total. The second-order valence-electron chi connectivity index (χ2n) is 10.5. The third-order valence-electron chi connectivity index (χ3n) is 8.14. The van der Waals surface area contributed by atoms with Gasteiger partial charge in [0.25, 0.3) is 5.91 Å². The van der Waals surface area contributed by atoms with Crippen LogP contribution in [0.25, 0.3) is 11.0 Å². The summed E-state index contributed by atoms with van der Waals surface area (Å²) in [4.78, 5) is 41.2. The minimum absolute atomic E-state index is 0.131. The van der Waals surface area contributed by atoms with E-state index in [-0.39, 0.29) is 16.7 Å². The summed E-state index contributed by atoms with van der Waals surface area (Å²) < 4.78 is 29.1. The number of carbonyl (C=O) groups is 2. The lowest BCUT2D eigenvalue weighted by molar-refractivity contribution is -0.148. The lowest BCUT2D eigenvalue weighted by atomic mass is 9.81. The molecule has 11 nitrogen and oxygen atoms in total. The van der Waals surface area contributed by atoms with Crippen LogP contribution in [0, 0.1) is 0 Å². The van der Waals surface area contributed by atoms with Gasteiger partial charge in [-0.2, -0.15) is 4.31 Å². The molecule has 3 saturated heterocycles. The minimum Gasteiger partial charge on any atom is -0.365 e. The number of H-pyrrole nitrogens is 1. The quantitative estimate of drug-likeness (QED) is 0.427. The van der Waals surface area contributed by atoms with E-state index in [1.165, 1.54) is 10.6 Å². The number of amides is 2. The second-order valence-corrected chi connectivity index (χ2v) is 12.4. The number of anilines is 1. The van der Waals surface area contributed by atoms with Crippen LogP contribution >= 0.6 is 0 Å². The van der Waals surface area contributed by atoms with E-state index < -0.39 is 21.6 Å². The Kier molecular flexibility index (Phi) is 6.76. The standard InChI is InChI=1S/C27H33N7O4S/c35-25-21(9-6-13-29-25)34-17-7-12-27(26(34)36,23-19-11-14-28-24(19)31-18-30-23)32-20-8-2-3-10-22(20)39(37,38)33-15-4-1-5-16-33/h2-3,8,10-11,14,18,21,32H,1,4-7,9,12-13,15-17H2,(H,29,35)(H,28,30,31)/t21-,27?/m1/s1. The van der Waals surface area contributed by atoms with E-state index in [2.05, 4.69) is 25.6 Å². The Bertz CT molecular complexity index is 1500. The number of hydrogen-bond donors (Lipinski definition) is 3. The number of carbonyl (C=O) groups excluding carboxylic acids is 2. The van der Waals surface area contributed by atoms with E-state index in [0.29, 0.717) is 67.9 Å². The van der Waals surface area contributed by atoms with Crippen molar-refractivity contribution in [1.29, 1.82) is 0 Å². The molecule has 206 valence electrons. The van der Waals surface area contributed by atoms with Crippen molar-refractivity contribution in [3.8, 4) is 0 Å². The number of hydrogen-bond acceptors (Lipinski definition) is 7. The monoisotopic (exact) mass is 551 g/mol. The molecule has 0 saturated carbocycles. The predicted molar refractivity (Wildman–Crippen MR) is 145 cm³/mol. The SMILES string of the molecule is O=C1NCCC[C@H]1N1CCCC(Nc2ccccc2S(=O)(=O)N2CCCCC2)(c2ncnc3[nH]ccc23)C1=O. The number of nitrogens with zero attached hydrogens (tertiary/aromatic N) is 4. The van der Waals surface area contributed by atoms with Crippen LogP contribution in [-0.4, -0.2) is 76.6 Å². The van der Waals surface area contributed by atoms with E-state index in [1.54, 1.807) is 35.4 Å². The molecular formula is C27H33N7O4S. The van der Waals surface area contributed by atoms with E-state index in [4.69, 9.17) is 0 Å². The van der Waals surface area contributed by atoms with Gasteiger partial charge >= 0.3 is 0 Å². The summed E-state index contributed by atoms with van der Waals surface area (Å²) in [5.74, 6) is -0.449. The van der Waals surface area contributed by atoms with Gasteiger partial charge in [-0.1, -0.05) is 18.6 Å². The fraction of sp³-hybridized carbons (Fsp3) is 0.481. The van der Waals surface area contributed by atoms with Gasteiger partial charge in [0, 0.05) is 37.8 Å². The molecule has 3 aliphatic heterocycles. The molecule has 0 radical (unpaired) electrons. The van der Waals surface area contributed by atoms with Gasteiger partial charge in [0.15, 0.2) is 5.54 Å². The first-order valence-corrected chi connectivity index (χ1v) is 15.1. The fourth-order valence-electron chi connectivity index (χ4n) is 6.20. The Morgan fingerprint density at radius 3 is 2.62 bits per heavy atom. The summed E-state index contributed by atoms with van der Waals surface area (Å²) in [6, 6.07) is 7.99. The molecule has 2 amide bonds. The summed E-state index contributed by atoms with van der Waals surface area (Å²) in [6.07, 6.45) is 8.16. The van der Waals surface area contributed by atoms with Gasteiger partial charge in [-0.15, -0.1) is 0 Å². The maximum absolute atomic E-state index is 14.6. The van der Waals surface area contributed by atoms with Crippen molar-refractivity contribution in [2.24, 2.45) is 0 Å². The van der Waals surface area contributed by atoms with Gasteiger partial charge in [-0.25, -0.2) is 18.4 Å². The van der Waals surface area contributed by atoms with Crippen LogP contribution < -0.4 is 10.6 Å². The zero-order chi connectivity index (χ0) is 27.0. The molecule has 0 bridgehead atoms. The molecule has 12 heteroatoms. The van der Waals surface area contributed by atoms with Crippen LogP contribution in [0.2, 0.25) is 0 Å². The molecular weight excluding hydrogens is 518 g/mol. The molecule has 3 aromatic rings. The number of para-hydroxylation sites is 1. The number of likely N-dealkylation sites (tertiary alicyclic amines) is 1. The molecule has 5 heterocycles. The predicted octanol–water partition coefficient (Wildman–Crippen LogP) is 2.34. The van der Waals surface area contributed by atoms with Crippen LogP contribution in [0.1, 0.15) is 50.6 Å². The maximum atomic E-state index is 14.6. The van der Waals surface area contributed by atoms with Crippen molar-refractivity contribution in [3.05, 3.63) is 48.5 Å². The van der Waals surface area contributed by atoms with Gasteiger partial charge in [0.2, 0.25) is 15.9 Å². The van der Waals surface area contributed by atoms with E-state index >= 15 is 0 Å². The third kappa shape index (κ3) is 4.45. The van der Waals surface area contributed by atoms with Crippen LogP contribution in [0.15, 0.2) is 47.8 Å². The Morgan fingerprint density at radius 2 is 1.79 bits per heavy atom. The number of aromatic amines is 1. The highest BCUT2D eigenvalue weighted by Crippen LogP contribution is 2.41. The van der Waals surface area contributed by atoms with Gasteiger partial charge < -0.3 is 20.5 Å². The zero-order valence-electron chi connectivity index (χ0n) is 21.7. The van der Waals surface area contributed by atoms with Crippen LogP contribution in [0.3, 0.4) is 0 Å². The number of rotatable bonds is 6. The summed E-state index contributed by atoms with van der Waals surface area (Å²) in [7, 11) is -3.80. The largest absolute Gasteiger partial charge is 0.365 e. The average molecular weight is 552 g/mol. The first kappa shape index (κ1) is 25.8. The number of fused-ring (bicyclic) bond motifs is 1. The number of nitrogens with one attached hydrogen (secondary N) is 3. The second kappa shape index (κ2) is 10.2. The van der Waals surface area contributed by atoms with E-state index in [9.17, 15) is 18.0 Å². The number of benzene rings is 1. The van der Waals surface area contributed by atoms with Crippen LogP contribution in [0.4, 0.5) is 5.69 Å². The Morgan fingerprint density at radius 1 is 0.974 bits per heavy atom. The van der Waals surface area contributed by atoms with Crippen molar-refractivity contribution < 1.29 is 18.0 Å². The third-order valence-corrected chi connectivity index (χ3v) is 10.1. The highest BCUT2D eigenvalue weighted by atomic mass is 32.2. The number of sulfonamides is 1. The highest BCUT2D eigenvalue weighted by molar-refractivity contribution is 7.89.